The number of nitrogens with zero attached hydrogens (tertiary/aromatic N) is 3. The van der Waals surface area contributed by atoms with Crippen LogP contribution in [0.3, 0.4) is 0 Å². The summed E-state index contributed by atoms with van der Waals surface area (Å²) in [6.45, 7) is 0. The van der Waals surface area contributed by atoms with Gasteiger partial charge in [0.25, 0.3) is 0 Å². The molecule has 0 spiro atoms. The first-order valence-electron chi connectivity index (χ1n) is 7.31. The van der Waals surface area contributed by atoms with E-state index in [4.69, 9.17) is 0 Å². The minimum Gasteiger partial charge on any atom is -0.350 e. The molecule has 0 saturated heterocycles. The minimum absolute atomic E-state index is 0.378. The molecule has 0 amide bonds. The van der Waals surface area contributed by atoms with E-state index < -0.39 is 0 Å². The fraction of sp³-hybridized carbons (Fsp3) is 0.235. The lowest BCUT2D eigenvalue weighted by molar-refractivity contribution is 0.605. The molecule has 21 heavy (non-hydrogen) atoms. The molecule has 1 aliphatic carbocycles. The number of nitrogens with one attached hydrogen (secondary N) is 1. The lowest BCUT2D eigenvalue weighted by Gasteiger charge is -2.25. The zero-order chi connectivity index (χ0) is 14.1. The van der Waals surface area contributed by atoms with E-state index in [0.29, 0.717) is 12.0 Å². The standard InChI is InChI=1S/C17H16N4/c1-2-6-13-11-14(10-9-12(13)5-1)18-17-19-15-7-3-4-8-16(15)20-21-17/h1-8,14H,9-11H2,(H,18,19,21). The fourth-order valence-electron chi connectivity index (χ4n) is 2.95. The van der Waals surface area contributed by atoms with E-state index in [9.17, 15) is 0 Å². The number of benzene rings is 2. The topological polar surface area (TPSA) is 50.7 Å². The smallest absolute Gasteiger partial charge is 0.243 e. The predicted molar refractivity (Wildman–Crippen MR) is 83.2 cm³/mol. The average Bonchev–Trinajstić information content (AvgIpc) is 2.55. The Morgan fingerprint density at radius 2 is 1.62 bits per heavy atom. The van der Waals surface area contributed by atoms with Crippen LogP contribution in [-0.4, -0.2) is 21.2 Å². The molecule has 4 nitrogen and oxygen atoms in total. The second-order valence-corrected chi connectivity index (χ2v) is 5.48. The minimum atomic E-state index is 0.378. The molecular weight excluding hydrogens is 260 g/mol. The Hall–Kier alpha value is -2.49. The van der Waals surface area contributed by atoms with Crippen LogP contribution < -0.4 is 5.32 Å². The van der Waals surface area contributed by atoms with Crippen molar-refractivity contribution in [3.8, 4) is 0 Å². The summed E-state index contributed by atoms with van der Waals surface area (Å²) in [5.74, 6) is 0.623. The molecule has 4 heteroatoms. The molecule has 4 rings (SSSR count). The predicted octanol–water partition coefficient (Wildman–Crippen LogP) is 2.99. The lowest BCUT2D eigenvalue weighted by Crippen LogP contribution is -2.28. The van der Waals surface area contributed by atoms with Gasteiger partial charge in [-0.25, -0.2) is 4.98 Å². The Labute approximate surface area is 123 Å². The van der Waals surface area contributed by atoms with Crippen LogP contribution in [0.4, 0.5) is 5.95 Å². The summed E-state index contributed by atoms with van der Waals surface area (Å²) in [7, 11) is 0. The highest BCUT2D eigenvalue weighted by Crippen LogP contribution is 2.22. The van der Waals surface area contributed by atoms with E-state index in [2.05, 4.69) is 44.8 Å². The van der Waals surface area contributed by atoms with Gasteiger partial charge in [0, 0.05) is 6.04 Å². The summed E-state index contributed by atoms with van der Waals surface area (Å²) in [5.41, 5.74) is 4.60. The number of hydrogen-bond acceptors (Lipinski definition) is 4. The normalized spacial score (nSPS) is 17.4. The number of aryl methyl sites for hydroxylation is 1. The third-order valence-corrected chi connectivity index (χ3v) is 4.04. The highest BCUT2D eigenvalue weighted by atomic mass is 15.2. The van der Waals surface area contributed by atoms with Gasteiger partial charge >= 0.3 is 0 Å². The molecule has 1 N–H and O–H groups in total. The summed E-state index contributed by atoms with van der Waals surface area (Å²) in [6, 6.07) is 16.8. The molecule has 0 aliphatic heterocycles. The molecule has 1 heterocycles. The van der Waals surface area contributed by atoms with Gasteiger partial charge < -0.3 is 5.32 Å². The van der Waals surface area contributed by atoms with E-state index in [1.165, 1.54) is 11.1 Å². The van der Waals surface area contributed by atoms with Crippen molar-refractivity contribution in [2.45, 2.75) is 25.3 Å². The first-order chi connectivity index (χ1) is 10.4. The second-order valence-electron chi connectivity index (χ2n) is 5.48. The molecule has 3 aromatic rings. The van der Waals surface area contributed by atoms with Crippen LogP contribution in [0.25, 0.3) is 11.0 Å². The number of hydrogen-bond donors (Lipinski definition) is 1. The molecule has 1 atom stereocenters. The summed E-state index contributed by atoms with van der Waals surface area (Å²) >= 11 is 0. The molecule has 0 radical (unpaired) electrons. The summed E-state index contributed by atoms with van der Waals surface area (Å²) < 4.78 is 0. The summed E-state index contributed by atoms with van der Waals surface area (Å²) in [6.07, 6.45) is 3.23. The van der Waals surface area contributed by atoms with E-state index in [0.717, 1.165) is 30.3 Å². The van der Waals surface area contributed by atoms with Gasteiger partial charge in [0.15, 0.2) is 0 Å². The molecule has 0 fully saturated rings. The van der Waals surface area contributed by atoms with Gasteiger partial charge in [-0.2, -0.15) is 0 Å². The van der Waals surface area contributed by atoms with Crippen molar-refractivity contribution >= 4 is 17.0 Å². The molecule has 1 unspecified atom stereocenters. The Morgan fingerprint density at radius 3 is 2.52 bits per heavy atom. The Morgan fingerprint density at radius 1 is 0.857 bits per heavy atom. The lowest BCUT2D eigenvalue weighted by atomic mass is 9.88. The monoisotopic (exact) mass is 276 g/mol. The molecule has 1 aliphatic rings. The van der Waals surface area contributed by atoms with E-state index in [-0.39, 0.29) is 0 Å². The fourth-order valence-corrected chi connectivity index (χ4v) is 2.95. The van der Waals surface area contributed by atoms with Crippen LogP contribution >= 0.6 is 0 Å². The van der Waals surface area contributed by atoms with Crippen LogP contribution in [0.5, 0.6) is 0 Å². The number of fused-ring (bicyclic) bond motifs is 2. The largest absolute Gasteiger partial charge is 0.350 e. The van der Waals surface area contributed by atoms with Gasteiger partial charge in [-0.15, -0.1) is 10.2 Å². The van der Waals surface area contributed by atoms with Crippen molar-refractivity contribution in [1.82, 2.24) is 15.2 Å². The number of anilines is 1. The maximum absolute atomic E-state index is 4.54. The summed E-state index contributed by atoms with van der Waals surface area (Å²) in [5, 5.41) is 11.8. The van der Waals surface area contributed by atoms with Crippen molar-refractivity contribution in [3.63, 3.8) is 0 Å². The van der Waals surface area contributed by atoms with Crippen molar-refractivity contribution < 1.29 is 0 Å². The van der Waals surface area contributed by atoms with Crippen molar-refractivity contribution in [2.75, 3.05) is 5.32 Å². The van der Waals surface area contributed by atoms with Gasteiger partial charge in [0.1, 0.15) is 5.52 Å². The average molecular weight is 276 g/mol. The van der Waals surface area contributed by atoms with Crippen LogP contribution in [0.2, 0.25) is 0 Å². The van der Waals surface area contributed by atoms with Crippen LogP contribution in [0, 0.1) is 0 Å². The molecule has 104 valence electrons. The van der Waals surface area contributed by atoms with E-state index in [1.807, 2.05) is 24.3 Å². The van der Waals surface area contributed by atoms with E-state index >= 15 is 0 Å². The third-order valence-electron chi connectivity index (χ3n) is 4.04. The van der Waals surface area contributed by atoms with E-state index in [1.54, 1.807) is 0 Å². The van der Waals surface area contributed by atoms with Gasteiger partial charge in [-0.1, -0.05) is 36.4 Å². The van der Waals surface area contributed by atoms with Gasteiger partial charge in [-0.05, 0) is 42.5 Å². The molecule has 0 saturated carbocycles. The van der Waals surface area contributed by atoms with Gasteiger partial charge in [0.05, 0.1) is 5.52 Å². The SMILES string of the molecule is c1ccc2c(c1)CCC(Nc1nnc3ccccc3n1)C2. The summed E-state index contributed by atoms with van der Waals surface area (Å²) in [4.78, 5) is 4.54. The first kappa shape index (κ1) is 12.3. The molecule has 2 aromatic carbocycles. The molecule has 1 aromatic heterocycles. The van der Waals surface area contributed by atoms with Crippen LogP contribution in [-0.2, 0) is 12.8 Å². The molecule has 0 bridgehead atoms. The Balaban J connectivity index is 1.55. The highest BCUT2D eigenvalue weighted by molar-refractivity contribution is 5.74. The highest BCUT2D eigenvalue weighted by Gasteiger charge is 2.18. The number of para-hydroxylation sites is 1. The maximum Gasteiger partial charge on any atom is 0.243 e. The second kappa shape index (κ2) is 5.13. The van der Waals surface area contributed by atoms with Crippen molar-refractivity contribution in [2.24, 2.45) is 0 Å². The molecular formula is C17H16N4. The van der Waals surface area contributed by atoms with Gasteiger partial charge in [0.2, 0.25) is 5.95 Å². The van der Waals surface area contributed by atoms with Crippen LogP contribution in [0.15, 0.2) is 48.5 Å². The van der Waals surface area contributed by atoms with Crippen LogP contribution in [0.1, 0.15) is 17.5 Å². The maximum atomic E-state index is 4.54. The quantitative estimate of drug-likeness (QED) is 0.781. The number of aromatic nitrogens is 3. The number of rotatable bonds is 2. The first-order valence-corrected chi connectivity index (χ1v) is 7.31. The zero-order valence-corrected chi connectivity index (χ0v) is 11.7. The van der Waals surface area contributed by atoms with Gasteiger partial charge in [-0.3, -0.25) is 0 Å². The van der Waals surface area contributed by atoms with Crippen molar-refractivity contribution in [3.05, 3.63) is 59.7 Å². The third kappa shape index (κ3) is 2.44. The Bertz CT molecular complexity index is 784. The van der Waals surface area contributed by atoms with Crippen molar-refractivity contribution in [1.29, 1.82) is 0 Å². The Kier molecular flexibility index (Phi) is 2.99. The zero-order valence-electron chi connectivity index (χ0n) is 11.7.